The molecule has 2 aromatic heterocycles. The molecule has 1 aromatic carbocycles. The summed E-state index contributed by atoms with van der Waals surface area (Å²) in [4.78, 5) is 19.9. The van der Waals surface area contributed by atoms with E-state index in [1.165, 1.54) is 0 Å². The van der Waals surface area contributed by atoms with Crippen LogP contribution in [0.2, 0.25) is 0 Å². The number of nitrogens with zero attached hydrogens (tertiary/aromatic N) is 3. The molecule has 0 radical (unpaired) electrons. The third kappa shape index (κ3) is 2.38. The zero-order valence-electron chi connectivity index (χ0n) is 11.7. The first-order valence-corrected chi connectivity index (χ1v) is 6.84. The fourth-order valence-corrected chi connectivity index (χ4v) is 2.49. The number of carbonyl (C=O) groups is 1. The van der Waals surface area contributed by atoms with Gasteiger partial charge in [0.25, 0.3) is 0 Å². The number of carboxylic acid groups (broad SMARTS) is 1. The van der Waals surface area contributed by atoms with Crippen molar-refractivity contribution in [2.45, 2.75) is 19.9 Å². The summed E-state index contributed by atoms with van der Waals surface area (Å²) in [6.45, 7) is 2.70. The van der Waals surface area contributed by atoms with Gasteiger partial charge in [-0.15, -0.1) is 0 Å². The Kier molecular flexibility index (Phi) is 3.39. The lowest BCUT2D eigenvalue weighted by atomic mass is 10.1. The number of fused-ring (bicyclic) bond motifs is 1. The van der Waals surface area contributed by atoms with Gasteiger partial charge in [-0.05, 0) is 30.7 Å². The molecule has 0 fully saturated rings. The Morgan fingerprint density at radius 3 is 2.62 bits per heavy atom. The van der Waals surface area contributed by atoms with Crippen molar-refractivity contribution in [3.8, 4) is 11.3 Å². The molecule has 0 saturated carbocycles. The quantitative estimate of drug-likeness (QED) is 0.797. The molecule has 0 amide bonds. The number of benzene rings is 1. The maximum atomic E-state index is 11.3. The highest BCUT2D eigenvalue weighted by molar-refractivity contribution is 5.88. The summed E-state index contributed by atoms with van der Waals surface area (Å²) in [5, 5.41) is 9.28. The minimum absolute atomic E-state index is 0.311. The van der Waals surface area contributed by atoms with Crippen molar-refractivity contribution in [2.24, 2.45) is 0 Å². The molecule has 21 heavy (non-hydrogen) atoms. The van der Waals surface area contributed by atoms with Gasteiger partial charge in [-0.2, -0.15) is 0 Å². The van der Waals surface area contributed by atoms with Crippen LogP contribution in [-0.4, -0.2) is 25.6 Å². The molecule has 3 rings (SSSR count). The van der Waals surface area contributed by atoms with Gasteiger partial charge in [-0.3, -0.25) is 9.97 Å². The van der Waals surface area contributed by atoms with Crippen LogP contribution < -0.4 is 0 Å². The molecule has 0 bridgehead atoms. The predicted molar refractivity (Wildman–Crippen MR) is 80.2 cm³/mol. The average molecular weight is 281 g/mol. The minimum Gasteiger partial charge on any atom is -0.477 e. The van der Waals surface area contributed by atoms with E-state index < -0.39 is 5.97 Å². The summed E-state index contributed by atoms with van der Waals surface area (Å²) in [5.74, 6) is -0.907. The topological polar surface area (TPSA) is 68.0 Å². The molecule has 0 saturated heterocycles. The molecule has 2 heterocycles. The van der Waals surface area contributed by atoms with Crippen molar-refractivity contribution in [3.63, 3.8) is 0 Å². The number of aromatic carboxylic acids is 1. The van der Waals surface area contributed by atoms with Crippen LogP contribution >= 0.6 is 0 Å². The maximum Gasteiger partial charge on any atom is 0.352 e. The van der Waals surface area contributed by atoms with Crippen molar-refractivity contribution >= 4 is 17.0 Å². The van der Waals surface area contributed by atoms with Crippen LogP contribution in [-0.2, 0) is 6.54 Å². The number of hydrogen-bond acceptors (Lipinski definition) is 3. The van der Waals surface area contributed by atoms with E-state index in [9.17, 15) is 9.90 Å². The summed E-state index contributed by atoms with van der Waals surface area (Å²) in [7, 11) is 0. The van der Waals surface area contributed by atoms with Crippen molar-refractivity contribution in [1.29, 1.82) is 0 Å². The Balaban J connectivity index is 2.15. The van der Waals surface area contributed by atoms with E-state index in [0.29, 0.717) is 12.2 Å². The summed E-state index contributed by atoms with van der Waals surface area (Å²) in [6, 6.07) is 9.28. The summed E-state index contributed by atoms with van der Waals surface area (Å²) >= 11 is 0. The molecule has 106 valence electrons. The monoisotopic (exact) mass is 281 g/mol. The van der Waals surface area contributed by atoms with Gasteiger partial charge < -0.3 is 9.67 Å². The predicted octanol–water partition coefficient (Wildman–Crippen LogP) is 3.21. The fraction of sp³-hybridized carbons (Fsp3) is 0.188. The van der Waals surface area contributed by atoms with Gasteiger partial charge >= 0.3 is 5.97 Å². The minimum atomic E-state index is -0.907. The second-order valence-corrected chi connectivity index (χ2v) is 4.82. The third-order valence-corrected chi connectivity index (χ3v) is 3.41. The van der Waals surface area contributed by atoms with Crippen molar-refractivity contribution < 1.29 is 9.90 Å². The number of aromatic nitrogens is 3. The molecule has 3 aromatic rings. The SMILES string of the molecule is CCCn1c(C(=O)O)ccc1-c1ccc2nccnc2c1. The smallest absolute Gasteiger partial charge is 0.352 e. The van der Waals surface area contributed by atoms with E-state index in [2.05, 4.69) is 9.97 Å². The highest BCUT2D eigenvalue weighted by atomic mass is 16.4. The van der Waals surface area contributed by atoms with E-state index in [0.717, 1.165) is 28.7 Å². The zero-order chi connectivity index (χ0) is 14.8. The first-order chi connectivity index (χ1) is 10.2. The summed E-state index contributed by atoms with van der Waals surface area (Å²) in [5.41, 5.74) is 3.78. The van der Waals surface area contributed by atoms with E-state index in [-0.39, 0.29) is 0 Å². The van der Waals surface area contributed by atoms with Crippen LogP contribution in [0.5, 0.6) is 0 Å². The lowest BCUT2D eigenvalue weighted by molar-refractivity contribution is 0.0685. The summed E-state index contributed by atoms with van der Waals surface area (Å²) in [6.07, 6.45) is 4.18. The normalized spacial score (nSPS) is 10.9. The lowest BCUT2D eigenvalue weighted by Gasteiger charge is -2.11. The molecule has 5 nitrogen and oxygen atoms in total. The third-order valence-electron chi connectivity index (χ3n) is 3.41. The first-order valence-electron chi connectivity index (χ1n) is 6.84. The molecule has 0 unspecified atom stereocenters. The van der Waals surface area contributed by atoms with Crippen LogP contribution in [0.15, 0.2) is 42.7 Å². The second-order valence-electron chi connectivity index (χ2n) is 4.82. The second kappa shape index (κ2) is 5.36. The number of rotatable bonds is 4. The molecule has 1 N–H and O–H groups in total. The van der Waals surface area contributed by atoms with Gasteiger partial charge in [0, 0.05) is 30.2 Å². The van der Waals surface area contributed by atoms with Gasteiger partial charge in [0.1, 0.15) is 5.69 Å². The molecule has 0 spiro atoms. The van der Waals surface area contributed by atoms with E-state index in [1.54, 1.807) is 18.5 Å². The molecular weight excluding hydrogens is 266 g/mol. The number of carboxylic acids is 1. The van der Waals surface area contributed by atoms with Gasteiger partial charge in [0.15, 0.2) is 0 Å². The van der Waals surface area contributed by atoms with Gasteiger partial charge in [-0.25, -0.2) is 4.79 Å². The lowest BCUT2D eigenvalue weighted by Crippen LogP contribution is -2.09. The van der Waals surface area contributed by atoms with Crippen molar-refractivity contribution in [2.75, 3.05) is 0 Å². The average Bonchev–Trinajstić information content (AvgIpc) is 2.91. The fourth-order valence-electron chi connectivity index (χ4n) is 2.49. The molecule has 5 heteroatoms. The Morgan fingerprint density at radius 2 is 1.90 bits per heavy atom. The molecule has 0 aliphatic heterocycles. The van der Waals surface area contributed by atoms with Gasteiger partial charge in [0.05, 0.1) is 11.0 Å². The van der Waals surface area contributed by atoms with Crippen molar-refractivity contribution in [3.05, 3.63) is 48.4 Å². The van der Waals surface area contributed by atoms with Crippen LogP contribution in [0.1, 0.15) is 23.8 Å². The van der Waals surface area contributed by atoms with Gasteiger partial charge in [-0.1, -0.05) is 13.0 Å². The largest absolute Gasteiger partial charge is 0.477 e. The summed E-state index contributed by atoms with van der Waals surface area (Å²) < 4.78 is 1.83. The van der Waals surface area contributed by atoms with E-state index in [4.69, 9.17) is 0 Å². The van der Waals surface area contributed by atoms with Crippen LogP contribution in [0, 0.1) is 0 Å². The highest BCUT2D eigenvalue weighted by Gasteiger charge is 2.14. The number of hydrogen-bond donors (Lipinski definition) is 1. The van der Waals surface area contributed by atoms with E-state index >= 15 is 0 Å². The maximum absolute atomic E-state index is 11.3. The van der Waals surface area contributed by atoms with Crippen LogP contribution in [0.3, 0.4) is 0 Å². The zero-order valence-corrected chi connectivity index (χ0v) is 11.7. The van der Waals surface area contributed by atoms with Gasteiger partial charge in [0.2, 0.25) is 0 Å². The van der Waals surface area contributed by atoms with Crippen LogP contribution in [0.4, 0.5) is 0 Å². The Morgan fingerprint density at radius 1 is 1.14 bits per heavy atom. The van der Waals surface area contributed by atoms with Crippen molar-refractivity contribution in [1.82, 2.24) is 14.5 Å². The standard InChI is InChI=1S/C16H15N3O2/c1-2-9-19-14(5-6-15(19)16(20)21)11-3-4-12-13(10-11)18-8-7-17-12/h3-8,10H,2,9H2,1H3,(H,20,21). The highest BCUT2D eigenvalue weighted by Crippen LogP contribution is 2.25. The Hall–Kier alpha value is -2.69. The molecule has 0 atom stereocenters. The Labute approximate surface area is 121 Å². The van der Waals surface area contributed by atoms with Crippen LogP contribution in [0.25, 0.3) is 22.3 Å². The molecular formula is C16H15N3O2. The Bertz CT molecular complexity index is 808. The van der Waals surface area contributed by atoms with E-state index in [1.807, 2.05) is 35.8 Å². The first kappa shape index (κ1) is 13.3. The molecule has 0 aliphatic rings. The molecule has 0 aliphatic carbocycles.